The Hall–Kier alpha value is -1.76. The van der Waals surface area contributed by atoms with Gasteiger partial charge in [0.2, 0.25) is 0 Å². The minimum Gasteiger partial charge on any atom is -0.493 e. The zero-order valence-electron chi connectivity index (χ0n) is 9.52. The van der Waals surface area contributed by atoms with Crippen molar-refractivity contribution in [1.82, 2.24) is 0 Å². The predicted molar refractivity (Wildman–Crippen MR) is 66.8 cm³/mol. The second-order valence-electron chi connectivity index (χ2n) is 3.90. The Labute approximate surface area is 96.7 Å². The van der Waals surface area contributed by atoms with E-state index in [1.54, 1.807) is 0 Å². The van der Waals surface area contributed by atoms with E-state index in [-0.39, 0.29) is 0 Å². The van der Waals surface area contributed by atoms with Crippen LogP contribution < -0.4 is 4.74 Å². The van der Waals surface area contributed by atoms with Crippen molar-refractivity contribution in [3.05, 3.63) is 65.7 Å². The Bertz CT molecular complexity index is 417. The summed E-state index contributed by atoms with van der Waals surface area (Å²) >= 11 is 0. The van der Waals surface area contributed by atoms with Crippen LogP contribution in [-0.4, -0.2) is 6.61 Å². The largest absolute Gasteiger partial charge is 0.493 e. The lowest BCUT2D eigenvalue weighted by atomic mass is 10.2. The zero-order chi connectivity index (χ0) is 11.2. The van der Waals surface area contributed by atoms with Gasteiger partial charge in [-0.2, -0.15) is 0 Å². The van der Waals surface area contributed by atoms with Crippen LogP contribution in [0.4, 0.5) is 0 Å². The lowest BCUT2D eigenvalue weighted by Crippen LogP contribution is -2.00. The van der Waals surface area contributed by atoms with Crippen molar-refractivity contribution in [3.8, 4) is 5.75 Å². The van der Waals surface area contributed by atoms with Crippen LogP contribution in [0.3, 0.4) is 0 Å². The molecule has 0 N–H and O–H groups in total. The van der Waals surface area contributed by atoms with E-state index < -0.39 is 0 Å². The molecule has 0 heterocycles. The summed E-state index contributed by atoms with van der Waals surface area (Å²) in [7, 11) is 0. The first-order valence-electron chi connectivity index (χ1n) is 5.58. The van der Waals surface area contributed by atoms with Gasteiger partial charge in [0.25, 0.3) is 0 Å². The summed E-state index contributed by atoms with van der Waals surface area (Å²) in [4.78, 5) is 0. The molecule has 1 heteroatoms. The van der Waals surface area contributed by atoms with E-state index in [1.807, 2.05) is 18.2 Å². The molecule has 2 aromatic carbocycles. The van der Waals surface area contributed by atoms with Gasteiger partial charge in [-0.05, 0) is 24.6 Å². The molecule has 2 rings (SSSR count). The van der Waals surface area contributed by atoms with Crippen LogP contribution in [0.5, 0.6) is 5.75 Å². The lowest BCUT2D eigenvalue weighted by molar-refractivity contribution is 0.322. The summed E-state index contributed by atoms with van der Waals surface area (Å²) in [6.45, 7) is 2.81. The molecule has 0 spiro atoms. The fraction of sp³-hybridized carbons (Fsp3) is 0.200. The predicted octanol–water partition coefficient (Wildman–Crippen LogP) is 3.62. The van der Waals surface area contributed by atoms with E-state index in [0.717, 1.165) is 18.8 Å². The molecule has 0 amide bonds. The molecular weight excluding hydrogens is 196 g/mol. The van der Waals surface area contributed by atoms with E-state index in [9.17, 15) is 0 Å². The monoisotopic (exact) mass is 212 g/mol. The molecule has 16 heavy (non-hydrogen) atoms. The first kappa shape index (κ1) is 10.7. The Kier molecular flexibility index (Phi) is 3.60. The minimum atomic E-state index is 0.729. The maximum atomic E-state index is 5.66. The average Bonchev–Trinajstić information content (AvgIpc) is 2.33. The van der Waals surface area contributed by atoms with Crippen LogP contribution in [0.25, 0.3) is 0 Å². The molecule has 0 unspecified atom stereocenters. The van der Waals surface area contributed by atoms with Gasteiger partial charge in [0.05, 0.1) is 6.61 Å². The van der Waals surface area contributed by atoms with Crippen molar-refractivity contribution in [2.45, 2.75) is 13.3 Å². The van der Waals surface area contributed by atoms with Crippen LogP contribution in [-0.2, 0) is 6.42 Å². The molecule has 0 aliphatic carbocycles. The van der Waals surface area contributed by atoms with Gasteiger partial charge in [-0.1, -0.05) is 48.0 Å². The fourth-order valence-corrected chi connectivity index (χ4v) is 1.57. The molecular formula is C15H16O. The Morgan fingerprint density at radius 3 is 2.25 bits per heavy atom. The SMILES string of the molecule is Cc1ccc(OCCc2ccccc2)cc1. The molecule has 0 fully saturated rings. The quantitative estimate of drug-likeness (QED) is 0.752. The summed E-state index contributed by atoms with van der Waals surface area (Å²) in [5.74, 6) is 0.946. The van der Waals surface area contributed by atoms with Gasteiger partial charge in [-0.15, -0.1) is 0 Å². The molecule has 0 aromatic heterocycles. The summed E-state index contributed by atoms with van der Waals surface area (Å²) in [5.41, 5.74) is 2.57. The summed E-state index contributed by atoms with van der Waals surface area (Å²) in [6, 6.07) is 18.6. The highest BCUT2D eigenvalue weighted by Gasteiger charge is 1.94. The van der Waals surface area contributed by atoms with Gasteiger partial charge in [0.15, 0.2) is 0 Å². The van der Waals surface area contributed by atoms with E-state index in [0.29, 0.717) is 0 Å². The average molecular weight is 212 g/mol. The smallest absolute Gasteiger partial charge is 0.119 e. The maximum Gasteiger partial charge on any atom is 0.119 e. The molecule has 0 bridgehead atoms. The number of hydrogen-bond acceptors (Lipinski definition) is 1. The van der Waals surface area contributed by atoms with E-state index in [1.165, 1.54) is 11.1 Å². The lowest BCUT2D eigenvalue weighted by Gasteiger charge is -2.06. The molecule has 0 radical (unpaired) electrons. The van der Waals surface area contributed by atoms with Crippen molar-refractivity contribution in [2.24, 2.45) is 0 Å². The zero-order valence-corrected chi connectivity index (χ0v) is 9.52. The van der Waals surface area contributed by atoms with Crippen molar-refractivity contribution in [2.75, 3.05) is 6.61 Å². The Morgan fingerprint density at radius 1 is 0.875 bits per heavy atom. The van der Waals surface area contributed by atoms with Gasteiger partial charge in [0, 0.05) is 6.42 Å². The second kappa shape index (κ2) is 5.36. The highest BCUT2D eigenvalue weighted by Crippen LogP contribution is 2.11. The standard InChI is InChI=1S/C15H16O/c1-13-7-9-15(10-8-13)16-12-11-14-5-3-2-4-6-14/h2-10H,11-12H2,1H3. The summed E-state index contributed by atoms with van der Waals surface area (Å²) in [6.07, 6.45) is 0.953. The number of ether oxygens (including phenoxy) is 1. The molecule has 0 atom stereocenters. The van der Waals surface area contributed by atoms with Gasteiger partial charge < -0.3 is 4.74 Å². The molecule has 0 saturated heterocycles. The topological polar surface area (TPSA) is 9.23 Å². The molecule has 1 nitrogen and oxygen atoms in total. The van der Waals surface area contributed by atoms with Crippen molar-refractivity contribution >= 4 is 0 Å². The van der Waals surface area contributed by atoms with Gasteiger partial charge >= 0.3 is 0 Å². The Balaban J connectivity index is 1.82. The normalized spacial score (nSPS) is 10.1. The van der Waals surface area contributed by atoms with Gasteiger partial charge in [-0.25, -0.2) is 0 Å². The van der Waals surface area contributed by atoms with Crippen molar-refractivity contribution in [1.29, 1.82) is 0 Å². The third-order valence-electron chi connectivity index (χ3n) is 2.52. The third kappa shape index (κ3) is 3.13. The van der Waals surface area contributed by atoms with Crippen LogP contribution in [0, 0.1) is 6.92 Å². The molecule has 0 aliphatic rings. The van der Waals surface area contributed by atoms with E-state index in [2.05, 4.69) is 43.3 Å². The Morgan fingerprint density at radius 2 is 1.56 bits per heavy atom. The van der Waals surface area contributed by atoms with E-state index >= 15 is 0 Å². The van der Waals surface area contributed by atoms with Crippen LogP contribution in [0.15, 0.2) is 54.6 Å². The summed E-state index contributed by atoms with van der Waals surface area (Å²) < 4.78 is 5.66. The summed E-state index contributed by atoms with van der Waals surface area (Å²) in [5, 5.41) is 0. The first-order valence-corrected chi connectivity index (χ1v) is 5.58. The number of benzene rings is 2. The number of rotatable bonds is 4. The molecule has 82 valence electrons. The maximum absolute atomic E-state index is 5.66. The van der Waals surface area contributed by atoms with Crippen LogP contribution >= 0.6 is 0 Å². The minimum absolute atomic E-state index is 0.729. The fourth-order valence-electron chi connectivity index (χ4n) is 1.57. The van der Waals surface area contributed by atoms with Gasteiger partial charge in [-0.3, -0.25) is 0 Å². The molecule has 2 aromatic rings. The van der Waals surface area contributed by atoms with Crippen molar-refractivity contribution < 1.29 is 4.74 Å². The highest BCUT2D eigenvalue weighted by molar-refractivity contribution is 5.26. The first-order chi connectivity index (χ1) is 7.84. The van der Waals surface area contributed by atoms with Crippen molar-refractivity contribution in [3.63, 3.8) is 0 Å². The number of aryl methyl sites for hydroxylation is 1. The van der Waals surface area contributed by atoms with Crippen LogP contribution in [0.1, 0.15) is 11.1 Å². The highest BCUT2D eigenvalue weighted by atomic mass is 16.5. The van der Waals surface area contributed by atoms with Crippen LogP contribution in [0.2, 0.25) is 0 Å². The third-order valence-corrected chi connectivity index (χ3v) is 2.52. The van der Waals surface area contributed by atoms with Gasteiger partial charge in [0.1, 0.15) is 5.75 Å². The second-order valence-corrected chi connectivity index (χ2v) is 3.90. The number of hydrogen-bond donors (Lipinski definition) is 0. The molecule has 0 aliphatic heterocycles. The molecule has 0 saturated carbocycles. The van der Waals surface area contributed by atoms with E-state index in [4.69, 9.17) is 4.74 Å².